The predicted molar refractivity (Wildman–Crippen MR) is 144 cm³/mol. The average molecular weight is 591 g/mol. The number of nitrogens with zero attached hydrogens (tertiary/aromatic N) is 2. The van der Waals surface area contributed by atoms with E-state index < -0.39 is 58.5 Å². The van der Waals surface area contributed by atoms with Gasteiger partial charge in [-0.2, -0.15) is 0 Å². The van der Waals surface area contributed by atoms with Gasteiger partial charge in [0.1, 0.15) is 21.8 Å². The molecule has 0 unspecified atom stereocenters. The van der Waals surface area contributed by atoms with Crippen LogP contribution < -0.4 is 4.90 Å². The summed E-state index contributed by atoms with van der Waals surface area (Å²) in [6.07, 6.45) is -2.14. The first-order valence-electron chi connectivity index (χ1n) is 13.1. The zero-order valence-electron chi connectivity index (χ0n) is 22.7. The number of ether oxygens (including phenoxy) is 3. The number of carbonyl (C=O) groups excluding carboxylic acids is 4. The first-order valence-corrected chi connectivity index (χ1v) is 14.9. The molecule has 0 aliphatic carbocycles. The maximum absolute atomic E-state index is 15.0. The lowest BCUT2D eigenvalue weighted by Gasteiger charge is -2.23. The van der Waals surface area contributed by atoms with Crippen LogP contribution in [0.25, 0.3) is 0 Å². The fraction of sp³-hybridized carbons (Fsp3) is 0.429. The van der Waals surface area contributed by atoms with Crippen LogP contribution in [0.1, 0.15) is 49.7 Å². The Balaban J connectivity index is 1.31. The quantitative estimate of drug-likeness (QED) is 0.333. The number of hydrogen-bond acceptors (Lipinski definition) is 9. The number of carbonyl (C=O) groups is 4. The van der Waals surface area contributed by atoms with Gasteiger partial charge in [0.15, 0.2) is 0 Å². The molecule has 0 radical (unpaired) electrons. The van der Waals surface area contributed by atoms with Crippen LogP contribution in [-0.4, -0.2) is 74.9 Å². The molecule has 2 aliphatic heterocycles. The summed E-state index contributed by atoms with van der Waals surface area (Å²) in [6, 6.07) is 13.2. The second-order valence-electron chi connectivity index (χ2n) is 10.0. The lowest BCUT2D eigenvalue weighted by atomic mass is 9.93. The molecule has 2 atom stereocenters. The van der Waals surface area contributed by atoms with Gasteiger partial charge in [0, 0.05) is 6.92 Å². The van der Waals surface area contributed by atoms with Gasteiger partial charge in [-0.3, -0.25) is 14.5 Å². The zero-order chi connectivity index (χ0) is 29.7. The normalized spacial score (nSPS) is 19.2. The Morgan fingerprint density at radius 1 is 1.10 bits per heavy atom. The summed E-state index contributed by atoms with van der Waals surface area (Å²) in [5, 5.41) is 0. The topological polar surface area (TPSA) is 137 Å². The predicted octanol–water partition coefficient (Wildman–Crippen LogP) is 3.73. The Hall–Kier alpha value is -4.00. The van der Waals surface area contributed by atoms with Gasteiger partial charge in [0.05, 0.1) is 36.2 Å². The van der Waals surface area contributed by atoms with Gasteiger partial charge in [-0.1, -0.05) is 36.4 Å². The van der Waals surface area contributed by atoms with Gasteiger partial charge in [-0.15, -0.1) is 0 Å². The third-order valence-electron chi connectivity index (χ3n) is 7.19. The van der Waals surface area contributed by atoms with Crippen LogP contribution in [0.4, 0.5) is 19.7 Å². The van der Waals surface area contributed by atoms with Crippen LogP contribution >= 0.6 is 0 Å². The third-order valence-corrected chi connectivity index (χ3v) is 8.90. The number of imide groups is 1. The third kappa shape index (κ3) is 7.40. The highest BCUT2D eigenvalue weighted by atomic mass is 32.2. The van der Waals surface area contributed by atoms with E-state index in [1.807, 2.05) is 6.07 Å². The number of rotatable bonds is 8. The van der Waals surface area contributed by atoms with Crippen molar-refractivity contribution in [1.29, 1.82) is 0 Å². The Labute approximate surface area is 237 Å². The van der Waals surface area contributed by atoms with E-state index in [1.54, 1.807) is 37.3 Å². The molecule has 0 spiro atoms. The molecule has 2 saturated heterocycles. The molecule has 0 aromatic heterocycles. The van der Waals surface area contributed by atoms with Crippen molar-refractivity contribution in [1.82, 2.24) is 4.90 Å². The number of halogens is 1. The molecule has 220 valence electrons. The van der Waals surface area contributed by atoms with Crippen LogP contribution in [0, 0.1) is 5.82 Å². The van der Waals surface area contributed by atoms with Gasteiger partial charge in [0.25, 0.3) is 0 Å². The standard InChI is InChI=1S/C28H31FN2O9S/c1-18(20-6-4-3-5-7-20)26(33)38-17-39-27(34)30(19(2)32)15-23-16-31(28(35)40-23)22-8-9-24(25(29)14-22)21-10-12-41(36,37)13-11-21/h3-9,14,18,21,23H,10-13,15-17H2,1-2H3/t18-,23+/m1/s1. The Bertz CT molecular complexity index is 1400. The van der Waals surface area contributed by atoms with E-state index in [0.29, 0.717) is 18.4 Å². The number of cyclic esters (lactones) is 1. The van der Waals surface area contributed by atoms with E-state index in [9.17, 15) is 32.0 Å². The van der Waals surface area contributed by atoms with Crippen molar-refractivity contribution >= 4 is 39.6 Å². The number of benzene rings is 2. The molecule has 0 bridgehead atoms. The summed E-state index contributed by atoms with van der Waals surface area (Å²) < 4.78 is 53.6. The number of sulfone groups is 1. The Morgan fingerprint density at radius 3 is 2.41 bits per heavy atom. The van der Waals surface area contributed by atoms with Gasteiger partial charge in [0.2, 0.25) is 12.7 Å². The maximum atomic E-state index is 15.0. The highest BCUT2D eigenvalue weighted by Gasteiger charge is 2.37. The van der Waals surface area contributed by atoms with Crippen molar-refractivity contribution < 1.29 is 46.2 Å². The SMILES string of the molecule is CC(=O)N(C[C@H]1CN(c2ccc(C3CCS(=O)(=O)CC3)c(F)c2)C(=O)O1)C(=O)OCOC(=O)[C@H](C)c1ccccc1. The van der Waals surface area contributed by atoms with E-state index in [0.717, 1.165) is 17.4 Å². The molecular formula is C28H31FN2O9S. The summed E-state index contributed by atoms with van der Waals surface area (Å²) in [7, 11) is -3.09. The maximum Gasteiger partial charge on any atom is 0.419 e. The van der Waals surface area contributed by atoms with E-state index in [4.69, 9.17) is 14.2 Å². The van der Waals surface area contributed by atoms with Crippen LogP contribution in [0.3, 0.4) is 0 Å². The van der Waals surface area contributed by atoms with E-state index in [-0.39, 0.29) is 36.2 Å². The smallest absolute Gasteiger partial charge is 0.419 e. The lowest BCUT2D eigenvalue weighted by Crippen LogP contribution is -2.42. The molecule has 0 N–H and O–H groups in total. The summed E-state index contributed by atoms with van der Waals surface area (Å²) in [5.74, 6) is -2.69. The molecule has 2 fully saturated rings. The van der Waals surface area contributed by atoms with Crippen LogP contribution in [0.5, 0.6) is 0 Å². The summed E-state index contributed by atoms with van der Waals surface area (Å²) >= 11 is 0. The molecule has 2 heterocycles. The summed E-state index contributed by atoms with van der Waals surface area (Å²) in [5.41, 5.74) is 1.33. The van der Waals surface area contributed by atoms with Gasteiger partial charge in [-0.25, -0.2) is 27.3 Å². The number of esters is 1. The Kier molecular flexibility index (Phi) is 9.26. The highest BCUT2D eigenvalue weighted by molar-refractivity contribution is 7.91. The van der Waals surface area contributed by atoms with Crippen molar-refractivity contribution in [3.63, 3.8) is 0 Å². The molecule has 11 nitrogen and oxygen atoms in total. The Morgan fingerprint density at radius 2 is 1.78 bits per heavy atom. The molecule has 2 aromatic rings. The fourth-order valence-corrected chi connectivity index (χ4v) is 6.29. The molecular weight excluding hydrogens is 559 g/mol. The van der Waals surface area contributed by atoms with Crippen LogP contribution in [0.2, 0.25) is 0 Å². The highest BCUT2D eigenvalue weighted by Crippen LogP contribution is 2.33. The average Bonchev–Trinajstić information content (AvgIpc) is 3.31. The minimum atomic E-state index is -3.09. The first-order chi connectivity index (χ1) is 19.4. The van der Waals surface area contributed by atoms with E-state index in [1.165, 1.54) is 17.0 Å². The second kappa shape index (κ2) is 12.7. The van der Waals surface area contributed by atoms with Crippen molar-refractivity contribution in [3.05, 3.63) is 65.5 Å². The van der Waals surface area contributed by atoms with Gasteiger partial charge < -0.3 is 14.2 Å². The molecule has 2 aromatic carbocycles. The number of amides is 3. The van der Waals surface area contributed by atoms with E-state index in [2.05, 4.69) is 0 Å². The monoisotopic (exact) mass is 590 g/mol. The summed E-state index contributed by atoms with van der Waals surface area (Å²) in [6.45, 7) is 1.66. The minimum absolute atomic E-state index is 0.00329. The van der Waals surface area contributed by atoms with Crippen molar-refractivity contribution in [2.75, 3.05) is 36.3 Å². The van der Waals surface area contributed by atoms with Crippen molar-refractivity contribution in [2.24, 2.45) is 0 Å². The molecule has 4 rings (SSSR count). The number of hydrogen-bond donors (Lipinski definition) is 0. The lowest BCUT2D eigenvalue weighted by molar-refractivity contribution is -0.154. The van der Waals surface area contributed by atoms with Crippen LogP contribution in [-0.2, 0) is 33.6 Å². The second-order valence-corrected chi connectivity index (χ2v) is 12.3. The van der Waals surface area contributed by atoms with Gasteiger partial charge in [-0.05, 0) is 48.9 Å². The zero-order valence-corrected chi connectivity index (χ0v) is 23.5. The molecule has 13 heteroatoms. The molecule has 2 aliphatic rings. The minimum Gasteiger partial charge on any atom is -0.442 e. The van der Waals surface area contributed by atoms with Crippen molar-refractivity contribution in [2.45, 2.75) is 44.6 Å². The largest absolute Gasteiger partial charge is 0.442 e. The first kappa shape index (κ1) is 30.0. The van der Waals surface area contributed by atoms with Crippen molar-refractivity contribution in [3.8, 4) is 0 Å². The molecule has 41 heavy (non-hydrogen) atoms. The fourth-order valence-electron chi connectivity index (χ4n) is 4.80. The summed E-state index contributed by atoms with van der Waals surface area (Å²) in [4.78, 5) is 51.4. The van der Waals surface area contributed by atoms with Gasteiger partial charge >= 0.3 is 18.2 Å². The molecule has 3 amide bonds. The van der Waals surface area contributed by atoms with E-state index >= 15 is 0 Å². The van der Waals surface area contributed by atoms with Crippen LogP contribution in [0.15, 0.2) is 48.5 Å². The molecule has 0 saturated carbocycles. The number of anilines is 1.